The zero-order valence-electron chi connectivity index (χ0n) is 15.8. The molecule has 0 saturated carbocycles. The normalized spacial score (nSPS) is 14.8. The van der Waals surface area contributed by atoms with Gasteiger partial charge >= 0.3 is 5.97 Å². The fourth-order valence-electron chi connectivity index (χ4n) is 3.32. The highest BCUT2D eigenvalue weighted by Gasteiger charge is 2.25. The average molecular weight is 370 g/mol. The minimum absolute atomic E-state index is 0.246. The SMILES string of the molecule is COc1cccc(CCNc2cc(N3CCC(C(=O)O)CC3)nc(C)n2)c1. The fourth-order valence-corrected chi connectivity index (χ4v) is 3.32. The summed E-state index contributed by atoms with van der Waals surface area (Å²) < 4.78 is 5.26. The summed E-state index contributed by atoms with van der Waals surface area (Å²) in [6.07, 6.45) is 2.16. The van der Waals surface area contributed by atoms with Crippen LogP contribution in [0.15, 0.2) is 30.3 Å². The number of aliphatic carboxylic acids is 1. The lowest BCUT2D eigenvalue weighted by atomic mass is 9.97. The van der Waals surface area contributed by atoms with Crippen molar-refractivity contribution in [1.29, 1.82) is 0 Å². The third-order valence-corrected chi connectivity index (χ3v) is 4.85. The number of nitrogens with zero attached hydrogens (tertiary/aromatic N) is 3. The summed E-state index contributed by atoms with van der Waals surface area (Å²) in [5.74, 6) is 2.27. The van der Waals surface area contributed by atoms with Crippen molar-refractivity contribution in [3.63, 3.8) is 0 Å². The van der Waals surface area contributed by atoms with E-state index in [2.05, 4.69) is 26.3 Å². The number of nitrogens with one attached hydrogen (secondary N) is 1. The van der Waals surface area contributed by atoms with Crippen molar-refractivity contribution < 1.29 is 14.6 Å². The molecule has 144 valence electrons. The van der Waals surface area contributed by atoms with Gasteiger partial charge in [-0.15, -0.1) is 0 Å². The quantitative estimate of drug-likeness (QED) is 0.775. The lowest BCUT2D eigenvalue weighted by molar-refractivity contribution is -0.142. The molecule has 0 bridgehead atoms. The fraction of sp³-hybridized carbons (Fsp3) is 0.450. The molecule has 1 aliphatic heterocycles. The lowest BCUT2D eigenvalue weighted by Crippen LogP contribution is -2.37. The molecule has 1 fully saturated rings. The minimum Gasteiger partial charge on any atom is -0.497 e. The van der Waals surface area contributed by atoms with Gasteiger partial charge in [0.15, 0.2) is 0 Å². The number of aryl methyl sites for hydroxylation is 1. The van der Waals surface area contributed by atoms with Gasteiger partial charge in [-0.05, 0) is 43.9 Å². The molecule has 2 heterocycles. The molecule has 2 N–H and O–H groups in total. The van der Waals surface area contributed by atoms with E-state index in [1.165, 1.54) is 5.56 Å². The molecule has 27 heavy (non-hydrogen) atoms. The van der Waals surface area contributed by atoms with E-state index >= 15 is 0 Å². The maximum absolute atomic E-state index is 11.1. The van der Waals surface area contributed by atoms with Gasteiger partial charge in [-0.3, -0.25) is 4.79 Å². The summed E-state index contributed by atoms with van der Waals surface area (Å²) in [5.41, 5.74) is 1.20. The highest BCUT2D eigenvalue weighted by atomic mass is 16.5. The van der Waals surface area contributed by atoms with Crippen LogP contribution in [0.5, 0.6) is 5.75 Å². The van der Waals surface area contributed by atoms with Crippen LogP contribution in [-0.2, 0) is 11.2 Å². The number of methoxy groups -OCH3 is 1. The largest absolute Gasteiger partial charge is 0.497 e. The van der Waals surface area contributed by atoms with Crippen LogP contribution in [-0.4, -0.2) is 47.8 Å². The molecule has 1 saturated heterocycles. The van der Waals surface area contributed by atoms with Crippen LogP contribution in [0, 0.1) is 12.8 Å². The molecule has 0 spiro atoms. The molecule has 0 unspecified atom stereocenters. The molecule has 0 radical (unpaired) electrons. The number of hydrogen-bond donors (Lipinski definition) is 2. The third-order valence-electron chi connectivity index (χ3n) is 4.85. The molecule has 0 amide bonds. The van der Waals surface area contributed by atoms with Crippen molar-refractivity contribution in [1.82, 2.24) is 9.97 Å². The summed E-state index contributed by atoms with van der Waals surface area (Å²) in [5, 5.41) is 12.5. The number of ether oxygens (including phenoxy) is 1. The molecule has 7 nitrogen and oxygen atoms in total. The first-order chi connectivity index (χ1) is 13.0. The second-order valence-electron chi connectivity index (χ2n) is 6.79. The molecule has 0 atom stereocenters. The van der Waals surface area contributed by atoms with Gasteiger partial charge in [-0.2, -0.15) is 0 Å². The third kappa shape index (κ3) is 5.09. The van der Waals surface area contributed by atoms with Crippen LogP contribution < -0.4 is 15.0 Å². The first-order valence-corrected chi connectivity index (χ1v) is 9.25. The number of rotatable bonds is 7. The predicted octanol–water partition coefficient (Wildman–Crippen LogP) is 2.75. The number of piperidine rings is 1. The van der Waals surface area contributed by atoms with Gasteiger partial charge in [0.25, 0.3) is 0 Å². The topological polar surface area (TPSA) is 87.6 Å². The van der Waals surface area contributed by atoms with Crippen molar-refractivity contribution >= 4 is 17.6 Å². The van der Waals surface area contributed by atoms with Crippen molar-refractivity contribution in [3.8, 4) is 5.75 Å². The Hall–Kier alpha value is -2.83. The van der Waals surface area contributed by atoms with E-state index in [9.17, 15) is 4.79 Å². The standard InChI is InChI=1S/C20H26N4O3/c1-14-22-18(21-9-6-15-4-3-5-17(12-15)27-2)13-19(23-14)24-10-7-16(8-11-24)20(25)26/h3-5,12-13,16H,6-11H2,1-2H3,(H,25,26)(H,21,22,23). The van der Waals surface area contributed by atoms with E-state index in [0.717, 1.165) is 30.4 Å². The highest BCUT2D eigenvalue weighted by Crippen LogP contribution is 2.23. The maximum Gasteiger partial charge on any atom is 0.306 e. The van der Waals surface area contributed by atoms with Crippen LogP contribution >= 0.6 is 0 Å². The number of carboxylic acid groups (broad SMARTS) is 1. The summed E-state index contributed by atoms with van der Waals surface area (Å²) in [6.45, 7) is 4.04. The number of carbonyl (C=O) groups is 1. The molecular formula is C20H26N4O3. The minimum atomic E-state index is -0.701. The van der Waals surface area contributed by atoms with E-state index < -0.39 is 5.97 Å². The number of benzene rings is 1. The first-order valence-electron chi connectivity index (χ1n) is 9.25. The zero-order chi connectivity index (χ0) is 19.2. The Morgan fingerprint density at radius 2 is 2.07 bits per heavy atom. The summed E-state index contributed by atoms with van der Waals surface area (Å²) >= 11 is 0. The second-order valence-corrected chi connectivity index (χ2v) is 6.79. The highest BCUT2D eigenvalue weighted by molar-refractivity contribution is 5.70. The van der Waals surface area contributed by atoms with Gasteiger partial charge in [-0.1, -0.05) is 12.1 Å². The Balaban J connectivity index is 1.59. The van der Waals surface area contributed by atoms with Crippen LogP contribution in [0.2, 0.25) is 0 Å². The molecule has 0 aliphatic carbocycles. The van der Waals surface area contributed by atoms with Crippen molar-refractivity contribution in [2.45, 2.75) is 26.2 Å². The van der Waals surface area contributed by atoms with E-state index in [4.69, 9.17) is 9.84 Å². The molecule has 1 aliphatic rings. The van der Waals surface area contributed by atoms with Gasteiger partial charge < -0.3 is 20.1 Å². The van der Waals surface area contributed by atoms with E-state index in [1.807, 2.05) is 31.2 Å². The Morgan fingerprint density at radius 3 is 2.78 bits per heavy atom. The summed E-state index contributed by atoms with van der Waals surface area (Å²) in [7, 11) is 1.67. The lowest BCUT2D eigenvalue weighted by Gasteiger charge is -2.31. The van der Waals surface area contributed by atoms with Crippen LogP contribution in [0.1, 0.15) is 24.2 Å². The van der Waals surface area contributed by atoms with Gasteiger partial charge in [0, 0.05) is 25.7 Å². The Kier molecular flexibility index (Phi) is 6.11. The number of carboxylic acids is 1. The van der Waals surface area contributed by atoms with E-state index in [-0.39, 0.29) is 5.92 Å². The molecule has 7 heteroatoms. The average Bonchev–Trinajstić information content (AvgIpc) is 2.68. The molecule has 1 aromatic heterocycles. The van der Waals surface area contributed by atoms with Crippen LogP contribution in [0.3, 0.4) is 0 Å². The Labute approximate surface area is 159 Å². The zero-order valence-corrected chi connectivity index (χ0v) is 15.8. The molecule has 2 aromatic rings. The van der Waals surface area contributed by atoms with E-state index in [0.29, 0.717) is 31.8 Å². The first kappa shape index (κ1) is 18.9. The Morgan fingerprint density at radius 1 is 1.30 bits per heavy atom. The molecule has 1 aromatic carbocycles. The predicted molar refractivity (Wildman–Crippen MR) is 105 cm³/mol. The number of anilines is 2. The van der Waals surface area contributed by atoms with Gasteiger partial charge in [0.1, 0.15) is 23.2 Å². The number of aromatic nitrogens is 2. The van der Waals surface area contributed by atoms with Gasteiger partial charge in [0.2, 0.25) is 0 Å². The number of hydrogen-bond acceptors (Lipinski definition) is 6. The van der Waals surface area contributed by atoms with Crippen molar-refractivity contribution in [3.05, 3.63) is 41.7 Å². The van der Waals surface area contributed by atoms with Crippen molar-refractivity contribution in [2.24, 2.45) is 5.92 Å². The van der Waals surface area contributed by atoms with Gasteiger partial charge in [0.05, 0.1) is 13.0 Å². The van der Waals surface area contributed by atoms with E-state index in [1.54, 1.807) is 7.11 Å². The van der Waals surface area contributed by atoms with Crippen molar-refractivity contribution in [2.75, 3.05) is 37.0 Å². The van der Waals surface area contributed by atoms with Gasteiger partial charge in [-0.25, -0.2) is 9.97 Å². The Bertz CT molecular complexity index is 789. The smallest absolute Gasteiger partial charge is 0.306 e. The summed E-state index contributed by atoms with van der Waals surface area (Å²) in [6, 6.07) is 9.98. The molecular weight excluding hydrogens is 344 g/mol. The summed E-state index contributed by atoms with van der Waals surface area (Å²) in [4.78, 5) is 22.3. The van der Waals surface area contributed by atoms with Crippen LogP contribution in [0.4, 0.5) is 11.6 Å². The molecule has 3 rings (SSSR count). The second kappa shape index (κ2) is 8.70. The monoisotopic (exact) mass is 370 g/mol. The maximum atomic E-state index is 11.1. The van der Waals surface area contributed by atoms with Crippen LogP contribution in [0.25, 0.3) is 0 Å².